The minimum Gasteiger partial charge on any atom is -0.385 e. The fourth-order valence-electron chi connectivity index (χ4n) is 3.20. The first-order valence-electron chi connectivity index (χ1n) is 6.87. The summed E-state index contributed by atoms with van der Waals surface area (Å²) < 4.78 is 0. The van der Waals surface area contributed by atoms with Gasteiger partial charge in [-0.05, 0) is 43.2 Å². The standard InChI is InChI=1S/C16H24O/c1-4-5-13(3)11-16(17)9-8-14-7-6-12(2)10-15(14)16/h6-7,10,13,17H,4-5,8-9,11H2,1-3H3. The monoisotopic (exact) mass is 232 g/mol. The van der Waals surface area contributed by atoms with Crippen molar-refractivity contribution in [1.29, 1.82) is 0 Å². The summed E-state index contributed by atoms with van der Waals surface area (Å²) in [5.74, 6) is 0.608. The molecule has 1 aliphatic rings. The zero-order valence-electron chi connectivity index (χ0n) is 11.3. The molecule has 0 amide bonds. The normalized spacial score (nSPS) is 24.7. The Hall–Kier alpha value is -0.820. The van der Waals surface area contributed by atoms with E-state index < -0.39 is 5.60 Å². The second-order valence-electron chi connectivity index (χ2n) is 5.79. The summed E-state index contributed by atoms with van der Waals surface area (Å²) in [5.41, 5.74) is 3.24. The van der Waals surface area contributed by atoms with Crippen molar-refractivity contribution in [2.45, 2.75) is 58.5 Å². The molecule has 0 aromatic heterocycles. The highest BCUT2D eigenvalue weighted by Crippen LogP contribution is 2.42. The molecule has 1 heteroatoms. The van der Waals surface area contributed by atoms with Crippen LogP contribution in [0.15, 0.2) is 18.2 Å². The molecule has 0 heterocycles. The van der Waals surface area contributed by atoms with E-state index in [0.717, 1.165) is 19.3 Å². The van der Waals surface area contributed by atoms with Crippen LogP contribution in [0.2, 0.25) is 0 Å². The van der Waals surface area contributed by atoms with Gasteiger partial charge >= 0.3 is 0 Å². The first-order valence-corrected chi connectivity index (χ1v) is 6.87. The van der Waals surface area contributed by atoms with E-state index in [4.69, 9.17) is 0 Å². The molecule has 2 unspecified atom stereocenters. The average Bonchev–Trinajstić information content (AvgIpc) is 2.57. The highest BCUT2D eigenvalue weighted by Gasteiger charge is 2.37. The van der Waals surface area contributed by atoms with Gasteiger partial charge in [-0.15, -0.1) is 0 Å². The molecule has 94 valence electrons. The number of rotatable bonds is 4. The van der Waals surface area contributed by atoms with E-state index in [0.29, 0.717) is 5.92 Å². The van der Waals surface area contributed by atoms with Crippen molar-refractivity contribution in [1.82, 2.24) is 0 Å². The Bertz CT molecular complexity index is 397. The van der Waals surface area contributed by atoms with E-state index in [1.54, 1.807) is 0 Å². The van der Waals surface area contributed by atoms with E-state index >= 15 is 0 Å². The van der Waals surface area contributed by atoms with E-state index in [-0.39, 0.29) is 0 Å². The zero-order valence-corrected chi connectivity index (χ0v) is 11.3. The lowest BCUT2D eigenvalue weighted by Crippen LogP contribution is -2.25. The van der Waals surface area contributed by atoms with Crippen LogP contribution in [0.5, 0.6) is 0 Å². The van der Waals surface area contributed by atoms with Crippen LogP contribution in [-0.2, 0) is 12.0 Å². The predicted molar refractivity (Wildman–Crippen MR) is 72.1 cm³/mol. The molecule has 2 rings (SSSR count). The molecule has 1 nitrogen and oxygen atoms in total. The molecule has 1 aromatic carbocycles. The fraction of sp³-hybridized carbons (Fsp3) is 0.625. The molecule has 0 bridgehead atoms. The van der Waals surface area contributed by atoms with Crippen molar-refractivity contribution in [2.24, 2.45) is 5.92 Å². The second kappa shape index (κ2) is 4.81. The van der Waals surface area contributed by atoms with Gasteiger partial charge in [-0.25, -0.2) is 0 Å². The van der Waals surface area contributed by atoms with Gasteiger partial charge in [-0.1, -0.05) is 50.5 Å². The van der Waals surface area contributed by atoms with E-state index in [2.05, 4.69) is 39.0 Å². The summed E-state index contributed by atoms with van der Waals surface area (Å²) in [6.45, 7) is 6.58. The third-order valence-corrected chi connectivity index (χ3v) is 4.04. The number of hydrogen-bond donors (Lipinski definition) is 1. The van der Waals surface area contributed by atoms with Gasteiger partial charge in [0.25, 0.3) is 0 Å². The lowest BCUT2D eigenvalue weighted by molar-refractivity contribution is 0.0138. The van der Waals surface area contributed by atoms with Gasteiger partial charge in [-0.2, -0.15) is 0 Å². The zero-order chi connectivity index (χ0) is 12.5. The number of benzene rings is 1. The number of hydrogen-bond acceptors (Lipinski definition) is 1. The molecule has 0 saturated heterocycles. The molecule has 0 aliphatic heterocycles. The SMILES string of the molecule is CCCC(C)CC1(O)CCc2ccc(C)cc21. The summed E-state index contributed by atoms with van der Waals surface area (Å²) >= 11 is 0. The summed E-state index contributed by atoms with van der Waals surface area (Å²) in [5, 5.41) is 10.9. The maximum Gasteiger partial charge on any atom is 0.0905 e. The first-order chi connectivity index (χ1) is 8.05. The minimum atomic E-state index is -0.560. The van der Waals surface area contributed by atoms with Gasteiger partial charge in [0, 0.05) is 0 Å². The maximum absolute atomic E-state index is 10.9. The smallest absolute Gasteiger partial charge is 0.0905 e. The van der Waals surface area contributed by atoms with Crippen LogP contribution >= 0.6 is 0 Å². The molecule has 0 spiro atoms. The number of fused-ring (bicyclic) bond motifs is 1. The Morgan fingerprint density at radius 2 is 2.18 bits per heavy atom. The van der Waals surface area contributed by atoms with Gasteiger partial charge in [0.2, 0.25) is 0 Å². The van der Waals surface area contributed by atoms with Crippen molar-refractivity contribution in [2.75, 3.05) is 0 Å². The lowest BCUT2D eigenvalue weighted by Gasteiger charge is -2.27. The van der Waals surface area contributed by atoms with Gasteiger partial charge in [0.15, 0.2) is 0 Å². The third-order valence-electron chi connectivity index (χ3n) is 4.04. The molecule has 1 aliphatic carbocycles. The molecular formula is C16H24O. The minimum absolute atomic E-state index is 0.560. The highest BCUT2D eigenvalue weighted by molar-refractivity contribution is 5.39. The Kier molecular flexibility index (Phi) is 3.58. The predicted octanol–water partition coefficient (Wildman–Crippen LogP) is 3.96. The molecule has 17 heavy (non-hydrogen) atoms. The highest BCUT2D eigenvalue weighted by atomic mass is 16.3. The summed E-state index contributed by atoms with van der Waals surface area (Å²) in [4.78, 5) is 0. The number of aryl methyl sites for hydroxylation is 2. The van der Waals surface area contributed by atoms with Gasteiger partial charge in [-0.3, -0.25) is 0 Å². The Morgan fingerprint density at radius 1 is 1.41 bits per heavy atom. The fourth-order valence-corrected chi connectivity index (χ4v) is 3.20. The van der Waals surface area contributed by atoms with E-state index in [1.807, 2.05) is 0 Å². The topological polar surface area (TPSA) is 20.2 Å². The molecule has 0 fully saturated rings. The van der Waals surface area contributed by atoms with Crippen molar-refractivity contribution in [3.05, 3.63) is 34.9 Å². The van der Waals surface area contributed by atoms with Gasteiger partial charge in [0.1, 0.15) is 0 Å². The van der Waals surface area contributed by atoms with Crippen LogP contribution in [0.25, 0.3) is 0 Å². The molecule has 0 radical (unpaired) electrons. The maximum atomic E-state index is 10.9. The lowest BCUT2D eigenvalue weighted by atomic mass is 9.84. The van der Waals surface area contributed by atoms with Crippen LogP contribution in [0, 0.1) is 12.8 Å². The van der Waals surface area contributed by atoms with E-state index in [1.165, 1.54) is 29.5 Å². The quantitative estimate of drug-likeness (QED) is 0.833. The Labute approximate surface area is 105 Å². The van der Waals surface area contributed by atoms with E-state index in [9.17, 15) is 5.11 Å². The number of aliphatic hydroxyl groups is 1. The summed E-state index contributed by atoms with van der Waals surface area (Å²) in [6.07, 6.45) is 5.27. The van der Waals surface area contributed by atoms with Crippen molar-refractivity contribution >= 4 is 0 Å². The molecule has 1 N–H and O–H groups in total. The summed E-state index contributed by atoms with van der Waals surface area (Å²) in [7, 11) is 0. The molecule has 2 atom stereocenters. The Balaban J connectivity index is 2.21. The van der Waals surface area contributed by atoms with Crippen molar-refractivity contribution < 1.29 is 5.11 Å². The second-order valence-corrected chi connectivity index (χ2v) is 5.79. The third kappa shape index (κ3) is 2.55. The first kappa shape index (κ1) is 12.6. The van der Waals surface area contributed by atoms with Crippen LogP contribution in [-0.4, -0.2) is 5.11 Å². The molecule has 0 saturated carbocycles. The van der Waals surface area contributed by atoms with Gasteiger partial charge in [0.05, 0.1) is 5.60 Å². The van der Waals surface area contributed by atoms with Crippen LogP contribution in [0.1, 0.15) is 56.2 Å². The summed E-state index contributed by atoms with van der Waals surface area (Å²) in [6, 6.07) is 6.52. The Morgan fingerprint density at radius 3 is 2.88 bits per heavy atom. The van der Waals surface area contributed by atoms with Crippen LogP contribution in [0.4, 0.5) is 0 Å². The molecular weight excluding hydrogens is 208 g/mol. The van der Waals surface area contributed by atoms with Crippen LogP contribution in [0.3, 0.4) is 0 Å². The van der Waals surface area contributed by atoms with Crippen molar-refractivity contribution in [3.8, 4) is 0 Å². The molecule has 1 aromatic rings. The van der Waals surface area contributed by atoms with Crippen LogP contribution < -0.4 is 0 Å². The van der Waals surface area contributed by atoms with Crippen molar-refractivity contribution in [3.63, 3.8) is 0 Å². The average molecular weight is 232 g/mol. The van der Waals surface area contributed by atoms with Gasteiger partial charge < -0.3 is 5.11 Å². The largest absolute Gasteiger partial charge is 0.385 e.